The molecular weight excluding hydrogens is 398 g/mol. The quantitative estimate of drug-likeness (QED) is 0.619. The molecule has 1 atom stereocenters. The third-order valence-corrected chi connectivity index (χ3v) is 5.00. The van der Waals surface area contributed by atoms with Gasteiger partial charge in [0.25, 0.3) is 5.91 Å². The van der Waals surface area contributed by atoms with Crippen molar-refractivity contribution in [3.05, 3.63) is 70.4 Å². The summed E-state index contributed by atoms with van der Waals surface area (Å²) in [5.41, 5.74) is 4.18. The highest BCUT2D eigenvalue weighted by molar-refractivity contribution is 5.95. The maximum Gasteiger partial charge on any atom is 0.337 e. The van der Waals surface area contributed by atoms with Crippen LogP contribution in [0.4, 0.5) is 10.5 Å². The van der Waals surface area contributed by atoms with E-state index in [1.165, 1.54) is 7.11 Å². The molecule has 0 saturated carbocycles. The van der Waals surface area contributed by atoms with Gasteiger partial charge < -0.3 is 25.4 Å². The molecule has 0 spiro atoms. The fraction of sp³-hybridized carbons (Fsp3) is 0.261. The highest BCUT2D eigenvalue weighted by Gasteiger charge is 2.31. The second kappa shape index (κ2) is 9.34. The van der Waals surface area contributed by atoms with Gasteiger partial charge in [-0.05, 0) is 49.6 Å². The molecule has 31 heavy (non-hydrogen) atoms. The van der Waals surface area contributed by atoms with Crippen LogP contribution in [0.3, 0.4) is 0 Å². The van der Waals surface area contributed by atoms with Crippen molar-refractivity contribution < 1.29 is 23.9 Å². The average Bonchev–Trinajstić information content (AvgIpc) is 2.74. The molecule has 2 aromatic rings. The maximum atomic E-state index is 12.3. The van der Waals surface area contributed by atoms with Gasteiger partial charge in [-0.15, -0.1) is 0 Å². The van der Waals surface area contributed by atoms with Gasteiger partial charge in [0.1, 0.15) is 5.75 Å². The number of urea groups is 1. The molecule has 1 heterocycles. The number of anilines is 1. The summed E-state index contributed by atoms with van der Waals surface area (Å²) in [5.74, 6) is -0.307. The zero-order chi connectivity index (χ0) is 22.5. The SMILES string of the molecule is COC(=O)C1=C(C)NC(=O)N[C@H]1c1ccc(OCC(=O)Nc2c(C)cccc2C)cc1. The monoisotopic (exact) mass is 423 g/mol. The van der Waals surface area contributed by atoms with Crippen molar-refractivity contribution in [2.24, 2.45) is 0 Å². The lowest BCUT2D eigenvalue weighted by molar-refractivity contribution is -0.136. The van der Waals surface area contributed by atoms with Crippen LogP contribution in [0, 0.1) is 13.8 Å². The number of nitrogens with one attached hydrogen (secondary N) is 3. The maximum absolute atomic E-state index is 12.3. The van der Waals surface area contributed by atoms with E-state index >= 15 is 0 Å². The number of hydrogen-bond donors (Lipinski definition) is 3. The smallest absolute Gasteiger partial charge is 0.337 e. The number of ether oxygens (including phenoxy) is 2. The third-order valence-electron chi connectivity index (χ3n) is 5.00. The second-order valence-electron chi connectivity index (χ2n) is 7.23. The lowest BCUT2D eigenvalue weighted by atomic mass is 9.95. The lowest BCUT2D eigenvalue weighted by Crippen LogP contribution is -2.45. The molecule has 0 radical (unpaired) electrons. The van der Waals surface area contributed by atoms with E-state index in [0.717, 1.165) is 16.8 Å². The minimum absolute atomic E-state index is 0.149. The van der Waals surface area contributed by atoms with E-state index in [-0.39, 0.29) is 12.5 Å². The molecule has 1 aliphatic rings. The van der Waals surface area contributed by atoms with Gasteiger partial charge in [0, 0.05) is 11.4 Å². The minimum Gasteiger partial charge on any atom is -0.484 e. The number of esters is 1. The van der Waals surface area contributed by atoms with Crippen LogP contribution in [-0.4, -0.2) is 31.6 Å². The van der Waals surface area contributed by atoms with Crippen molar-refractivity contribution in [1.82, 2.24) is 10.6 Å². The number of para-hydroxylation sites is 1. The van der Waals surface area contributed by atoms with Crippen molar-refractivity contribution in [2.45, 2.75) is 26.8 Å². The number of benzene rings is 2. The number of rotatable bonds is 6. The van der Waals surface area contributed by atoms with E-state index in [4.69, 9.17) is 9.47 Å². The van der Waals surface area contributed by atoms with Crippen LogP contribution in [0.25, 0.3) is 0 Å². The zero-order valence-corrected chi connectivity index (χ0v) is 17.9. The normalized spacial score (nSPS) is 15.6. The predicted octanol–water partition coefficient (Wildman–Crippen LogP) is 3.12. The summed E-state index contributed by atoms with van der Waals surface area (Å²) < 4.78 is 10.4. The highest BCUT2D eigenvalue weighted by Crippen LogP contribution is 2.28. The Morgan fingerprint density at radius 3 is 2.29 bits per heavy atom. The van der Waals surface area contributed by atoms with E-state index in [0.29, 0.717) is 22.6 Å². The largest absolute Gasteiger partial charge is 0.484 e. The summed E-state index contributed by atoms with van der Waals surface area (Å²) in [4.78, 5) is 36.3. The van der Waals surface area contributed by atoms with E-state index < -0.39 is 18.0 Å². The minimum atomic E-state index is -0.650. The Morgan fingerprint density at radius 2 is 1.68 bits per heavy atom. The molecule has 0 bridgehead atoms. The van der Waals surface area contributed by atoms with Gasteiger partial charge in [0.2, 0.25) is 0 Å². The van der Waals surface area contributed by atoms with Crippen LogP contribution in [0.5, 0.6) is 5.75 Å². The molecule has 0 aromatic heterocycles. The van der Waals surface area contributed by atoms with Gasteiger partial charge in [-0.25, -0.2) is 9.59 Å². The number of amides is 3. The molecule has 162 valence electrons. The molecule has 0 fully saturated rings. The Balaban J connectivity index is 1.67. The van der Waals surface area contributed by atoms with Crippen LogP contribution < -0.4 is 20.7 Å². The van der Waals surface area contributed by atoms with Gasteiger partial charge in [0.05, 0.1) is 18.7 Å². The van der Waals surface area contributed by atoms with Crippen molar-refractivity contribution in [3.63, 3.8) is 0 Å². The molecule has 3 rings (SSSR count). The summed E-state index contributed by atoms with van der Waals surface area (Å²) in [5, 5.41) is 8.17. The Bertz CT molecular complexity index is 1020. The molecule has 0 saturated heterocycles. The first-order valence-electron chi connectivity index (χ1n) is 9.75. The van der Waals surface area contributed by atoms with E-state index in [9.17, 15) is 14.4 Å². The van der Waals surface area contributed by atoms with Gasteiger partial charge >= 0.3 is 12.0 Å². The first-order chi connectivity index (χ1) is 14.8. The number of allylic oxidation sites excluding steroid dienone is 1. The van der Waals surface area contributed by atoms with Crippen LogP contribution in [0.2, 0.25) is 0 Å². The highest BCUT2D eigenvalue weighted by atomic mass is 16.5. The van der Waals surface area contributed by atoms with Crippen molar-refractivity contribution in [3.8, 4) is 5.75 Å². The zero-order valence-electron chi connectivity index (χ0n) is 17.9. The van der Waals surface area contributed by atoms with Crippen molar-refractivity contribution >= 4 is 23.6 Å². The first-order valence-corrected chi connectivity index (χ1v) is 9.75. The molecule has 2 aromatic carbocycles. The lowest BCUT2D eigenvalue weighted by Gasteiger charge is -2.27. The Morgan fingerprint density at radius 1 is 1.03 bits per heavy atom. The topological polar surface area (TPSA) is 106 Å². The second-order valence-corrected chi connectivity index (χ2v) is 7.23. The number of carbonyl (C=O) groups excluding carboxylic acids is 3. The molecule has 3 amide bonds. The standard InChI is InChI=1S/C23H25N3O5/c1-13-6-5-7-14(2)20(13)25-18(27)12-31-17-10-8-16(9-11-17)21-19(22(28)30-4)15(3)24-23(29)26-21/h5-11,21H,12H2,1-4H3,(H,25,27)(H2,24,26,29)/t21-/m0/s1. The fourth-order valence-electron chi connectivity index (χ4n) is 3.42. The number of aryl methyl sites for hydroxylation is 2. The Labute approximate surface area is 180 Å². The molecule has 0 aliphatic carbocycles. The van der Waals surface area contributed by atoms with Crippen LogP contribution in [0.15, 0.2) is 53.7 Å². The summed E-state index contributed by atoms with van der Waals surface area (Å²) in [6, 6.07) is 11.6. The molecular formula is C23H25N3O5. The van der Waals surface area contributed by atoms with Gasteiger partial charge in [0.15, 0.2) is 6.61 Å². The van der Waals surface area contributed by atoms with Crippen LogP contribution >= 0.6 is 0 Å². The van der Waals surface area contributed by atoms with E-state index in [1.807, 2.05) is 32.0 Å². The van der Waals surface area contributed by atoms with Gasteiger partial charge in [-0.3, -0.25) is 4.79 Å². The van der Waals surface area contributed by atoms with Crippen molar-refractivity contribution in [1.29, 1.82) is 0 Å². The van der Waals surface area contributed by atoms with Crippen LogP contribution in [-0.2, 0) is 14.3 Å². The Kier molecular flexibility index (Phi) is 6.59. The predicted molar refractivity (Wildman–Crippen MR) is 116 cm³/mol. The number of methoxy groups -OCH3 is 1. The van der Waals surface area contributed by atoms with Crippen molar-refractivity contribution in [2.75, 3.05) is 19.0 Å². The molecule has 1 aliphatic heterocycles. The Hall–Kier alpha value is -3.81. The third kappa shape index (κ3) is 5.03. The van der Waals surface area contributed by atoms with Gasteiger partial charge in [-0.1, -0.05) is 30.3 Å². The van der Waals surface area contributed by atoms with E-state index in [2.05, 4.69) is 16.0 Å². The number of carbonyl (C=O) groups is 3. The molecule has 0 unspecified atom stereocenters. The van der Waals surface area contributed by atoms with Gasteiger partial charge in [-0.2, -0.15) is 0 Å². The molecule has 8 heteroatoms. The average molecular weight is 423 g/mol. The number of hydrogen-bond acceptors (Lipinski definition) is 5. The molecule has 8 nitrogen and oxygen atoms in total. The molecule has 3 N–H and O–H groups in total. The fourth-order valence-corrected chi connectivity index (χ4v) is 3.42. The van der Waals surface area contributed by atoms with Crippen LogP contribution in [0.1, 0.15) is 29.7 Å². The summed E-state index contributed by atoms with van der Waals surface area (Å²) in [6.07, 6.45) is 0. The summed E-state index contributed by atoms with van der Waals surface area (Å²) >= 11 is 0. The summed E-state index contributed by atoms with van der Waals surface area (Å²) in [6.45, 7) is 5.36. The van der Waals surface area contributed by atoms with E-state index in [1.54, 1.807) is 31.2 Å². The first kappa shape index (κ1) is 21.9. The summed E-state index contributed by atoms with van der Waals surface area (Å²) in [7, 11) is 1.29.